The summed E-state index contributed by atoms with van der Waals surface area (Å²) in [6.07, 6.45) is 5.88. The van der Waals surface area contributed by atoms with Gasteiger partial charge in [-0.25, -0.2) is 13.8 Å². The third-order valence-electron chi connectivity index (χ3n) is 4.77. The Morgan fingerprint density at radius 2 is 1.84 bits per heavy atom. The second kappa shape index (κ2) is 11.3. The molecule has 9 heteroatoms. The van der Waals surface area contributed by atoms with Gasteiger partial charge in [0, 0.05) is 35.0 Å². The minimum atomic E-state index is -0.864. The first-order chi connectivity index (χ1) is 14.7. The summed E-state index contributed by atoms with van der Waals surface area (Å²) in [6.45, 7) is 5.40. The molecule has 1 aromatic carbocycles. The van der Waals surface area contributed by atoms with Gasteiger partial charge in [-0.15, -0.1) is 0 Å². The number of hydrogen-bond donors (Lipinski definition) is 5. The molecule has 0 amide bonds. The molecule has 0 radical (unpaired) electrons. The zero-order valence-corrected chi connectivity index (χ0v) is 17.8. The Kier molecular flexibility index (Phi) is 8.75. The fraction of sp³-hybridized carbons (Fsp3) is 0.364. The topological polar surface area (TPSA) is 136 Å². The molecular weight excluding hydrogens is 400 g/mol. The molecule has 7 nitrogen and oxygen atoms in total. The van der Waals surface area contributed by atoms with E-state index in [0.29, 0.717) is 5.84 Å². The van der Waals surface area contributed by atoms with Crippen molar-refractivity contribution in [3.05, 3.63) is 58.8 Å². The minimum absolute atomic E-state index is 0.0102. The first kappa shape index (κ1) is 24.1. The van der Waals surface area contributed by atoms with Crippen LogP contribution in [0.25, 0.3) is 0 Å². The number of halogens is 2. The number of piperidine rings is 1. The molecule has 0 bridgehead atoms. The summed E-state index contributed by atoms with van der Waals surface area (Å²) in [6, 6.07) is 3.06. The maximum absolute atomic E-state index is 14.3. The number of nitrogens with zero attached hydrogens (tertiary/aromatic N) is 2. The summed E-state index contributed by atoms with van der Waals surface area (Å²) in [5.74, 6) is -1.40. The van der Waals surface area contributed by atoms with Crippen LogP contribution in [0.3, 0.4) is 0 Å². The van der Waals surface area contributed by atoms with Crippen molar-refractivity contribution in [2.45, 2.75) is 32.7 Å². The molecule has 1 aliphatic rings. The normalized spacial score (nSPS) is 16.9. The standard InChI is InChI=1S/C22H29F2N7/c1-13(2)22(28)31-20(26)6-5-19(25)17(12-30-15-7-9-29-10-8-15)21(27)16-4-3-14(23)11-18(16)24/h3-6,11-13,15,27,29H,7-10,25H2,1-2H3,(H3,26,28,31). The first-order valence-electron chi connectivity index (χ1n) is 10.1. The van der Waals surface area contributed by atoms with Crippen LogP contribution in [0, 0.1) is 28.4 Å². The second-order valence-corrected chi connectivity index (χ2v) is 7.54. The Morgan fingerprint density at radius 1 is 1.16 bits per heavy atom. The Hall–Kier alpha value is -3.20. The van der Waals surface area contributed by atoms with Crippen LogP contribution in [0.15, 0.2) is 51.6 Å². The molecule has 1 fully saturated rings. The number of allylic oxidation sites excluding steroid dienone is 2. The number of benzene rings is 1. The summed E-state index contributed by atoms with van der Waals surface area (Å²) in [5.41, 5.74) is 11.9. The van der Waals surface area contributed by atoms with Crippen molar-refractivity contribution in [2.24, 2.45) is 27.4 Å². The summed E-state index contributed by atoms with van der Waals surface area (Å²) < 4.78 is 27.6. The molecular formula is C22H29F2N7. The van der Waals surface area contributed by atoms with Gasteiger partial charge in [0.05, 0.1) is 11.8 Å². The molecule has 0 aromatic heterocycles. The first-order valence-corrected chi connectivity index (χ1v) is 10.1. The van der Waals surface area contributed by atoms with E-state index in [0.717, 1.165) is 38.1 Å². The van der Waals surface area contributed by atoms with Crippen LogP contribution in [0.2, 0.25) is 0 Å². The maximum Gasteiger partial charge on any atom is 0.146 e. The number of hydrogen-bond acceptors (Lipinski definition) is 5. The summed E-state index contributed by atoms with van der Waals surface area (Å²) in [5, 5.41) is 19.6. The fourth-order valence-corrected chi connectivity index (χ4v) is 2.82. The molecule has 1 saturated heterocycles. The van der Waals surface area contributed by atoms with Crippen LogP contribution < -0.4 is 16.8 Å². The van der Waals surface area contributed by atoms with Crippen LogP contribution in [0.1, 0.15) is 32.3 Å². The molecule has 0 spiro atoms. The summed E-state index contributed by atoms with van der Waals surface area (Å²) >= 11 is 0. The molecule has 1 heterocycles. The van der Waals surface area contributed by atoms with E-state index in [2.05, 4.69) is 15.3 Å². The van der Waals surface area contributed by atoms with Gasteiger partial charge in [-0.1, -0.05) is 13.8 Å². The highest BCUT2D eigenvalue weighted by Crippen LogP contribution is 2.16. The van der Waals surface area contributed by atoms with Gasteiger partial charge in [-0.05, 0) is 50.2 Å². The van der Waals surface area contributed by atoms with E-state index in [-0.39, 0.29) is 40.3 Å². The summed E-state index contributed by atoms with van der Waals surface area (Å²) in [4.78, 5) is 8.49. The molecule has 1 aliphatic heterocycles. The summed E-state index contributed by atoms with van der Waals surface area (Å²) in [7, 11) is 0. The molecule has 166 valence electrons. The Bertz CT molecular complexity index is 939. The number of amidine groups is 2. The van der Waals surface area contributed by atoms with Gasteiger partial charge in [0.25, 0.3) is 0 Å². The van der Waals surface area contributed by atoms with Crippen LogP contribution in [0.4, 0.5) is 8.78 Å². The molecule has 7 N–H and O–H groups in total. The van der Waals surface area contributed by atoms with Crippen molar-refractivity contribution in [3.8, 4) is 0 Å². The van der Waals surface area contributed by atoms with Crippen molar-refractivity contribution in [2.75, 3.05) is 13.1 Å². The van der Waals surface area contributed by atoms with Gasteiger partial charge >= 0.3 is 0 Å². The lowest BCUT2D eigenvalue weighted by atomic mass is 10.00. The maximum atomic E-state index is 14.3. The van der Waals surface area contributed by atoms with Gasteiger partial charge < -0.3 is 16.8 Å². The van der Waals surface area contributed by atoms with Crippen LogP contribution in [-0.4, -0.2) is 42.7 Å². The van der Waals surface area contributed by atoms with Gasteiger partial charge in [-0.2, -0.15) is 0 Å². The number of aliphatic imine (C=N–C) groups is 2. The smallest absolute Gasteiger partial charge is 0.146 e. The highest BCUT2D eigenvalue weighted by molar-refractivity contribution is 6.23. The van der Waals surface area contributed by atoms with Crippen molar-refractivity contribution in [1.29, 1.82) is 10.8 Å². The van der Waals surface area contributed by atoms with E-state index < -0.39 is 11.6 Å². The molecule has 0 unspecified atom stereocenters. The molecule has 0 aliphatic carbocycles. The molecule has 1 aromatic rings. The van der Waals surface area contributed by atoms with Gasteiger partial charge in [-0.3, -0.25) is 15.8 Å². The lowest BCUT2D eigenvalue weighted by molar-refractivity contribution is 0.461. The zero-order chi connectivity index (χ0) is 23.0. The van der Waals surface area contributed by atoms with E-state index in [9.17, 15) is 8.78 Å². The Labute approximate surface area is 181 Å². The van der Waals surface area contributed by atoms with Gasteiger partial charge in [0.1, 0.15) is 23.3 Å². The highest BCUT2D eigenvalue weighted by atomic mass is 19.1. The van der Waals surface area contributed by atoms with Crippen LogP contribution in [0.5, 0.6) is 0 Å². The lowest BCUT2D eigenvalue weighted by Crippen LogP contribution is -2.30. The second-order valence-electron chi connectivity index (χ2n) is 7.54. The molecule has 0 atom stereocenters. The van der Waals surface area contributed by atoms with Gasteiger partial charge in [0.15, 0.2) is 0 Å². The quantitative estimate of drug-likeness (QED) is 0.259. The third kappa shape index (κ3) is 7.21. The predicted molar refractivity (Wildman–Crippen MR) is 122 cm³/mol. The molecule has 2 rings (SSSR count). The predicted octanol–water partition coefficient (Wildman–Crippen LogP) is 2.91. The largest absolute Gasteiger partial charge is 0.398 e. The average molecular weight is 430 g/mol. The molecule has 31 heavy (non-hydrogen) atoms. The molecule has 0 saturated carbocycles. The van der Waals surface area contributed by atoms with Crippen molar-refractivity contribution in [3.63, 3.8) is 0 Å². The average Bonchev–Trinajstić information content (AvgIpc) is 2.72. The Morgan fingerprint density at radius 3 is 2.45 bits per heavy atom. The van der Waals surface area contributed by atoms with Crippen LogP contribution >= 0.6 is 0 Å². The fourth-order valence-electron chi connectivity index (χ4n) is 2.82. The third-order valence-corrected chi connectivity index (χ3v) is 4.77. The van der Waals surface area contributed by atoms with Crippen LogP contribution in [-0.2, 0) is 0 Å². The van der Waals surface area contributed by atoms with E-state index >= 15 is 0 Å². The highest BCUT2D eigenvalue weighted by Gasteiger charge is 2.16. The zero-order valence-electron chi connectivity index (χ0n) is 17.8. The number of rotatable bonds is 7. The van der Waals surface area contributed by atoms with E-state index in [4.69, 9.17) is 22.3 Å². The van der Waals surface area contributed by atoms with Gasteiger partial charge in [0.2, 0.25) is 0 Å². The number of nitrogens with one attached hydrogen (secondary N) is 3. The SMILES string of the molecule is CC(C)C(N)=NC(=N)C=CC(N)=C(C=NC1CCNCC1)C(=N)c1ccc(F)cc1F. The monoisotopic (exact) mass is 429 g/mol. The Balaban J connectivity index is 2.38. The van der Waals surface area contributed by atoms with Crippen molar-refractivity contribution >= 4 is 23.6 Å². The van der Waals surface area contributed by atoms with E-state index in [1.807, 2.05) is 13.8 Å². The van der Waals surface area contributed by atoms with E-state index in [1.54, 1.807) is 0 Å². The minimum Gasteiger partial charge on any atom is -0.398 e. The lowest BCUT2D eigenvalue weighted by Gasteiger charge is -2.19. The van der Waals surface area contributed by atoms with Crippen molar-refractivity contribution in [1.82, 2.24) is 5.32 Å². The van der Waals surface area contributed by atoms with E-state index in [1.165, 1.54) is 24.4 Å². The number of nitrogens with two attached hydrogens (primary N) is 2. The van der Waals surface area contributed by atoms with Crippen molar-refractivity contribution < 1.29 is 8.78 Å².